The first-order chi connectivity index (χ1) is 10.2. The van der Waals surface area contributed by atoms with Crippen LogP contribution in [0.1, 0.15) is 31.9 Å². The van der Waals surface area contributed by atoms with E-state index in [0.717, 1.165) is 37.3 Å². The van der Waals surface area contributed by atoms with Crippen LogP contribution in [0.3, 0.4) is 0 Å². The molecule has 1 N–H and O–H groups in total. The SMILES string of the molecule is CCNC(C)c1cccc(F)c1N1CC=C(COC)CC1. The van der Waals surface area contributed by atoms with Crippen LogP contribution >= 0.6 is 0 Å². The third-order valence-corrected chi connectivity index (χ3v) is 3.94. The van der Waals surface area contributed by atoms with Gasteiger partial charge in [-0.05, 0) is 37.1 Å². The van der Waals surface area contributed by atoms with Gasteiger partial charge in [-0.25, -0.2) is 4.39 Å². The van der Waals surface area contributed by atoms with E-state index in [2.05, 4.69) is 30.1 Å². The fourth-order valence-electron chi connectivity index (χ4n) is 2.86. The van der Waals surface area contributed by atoms with E-state index in [-0.39, 0.29) is 11.9 Å². The van der Waals surface area contributed by atoms with Crippen molar-refractivity contribution in [2.75, 3.05) is 38.3 Å². The van der Waals surface area contributed by atoms with E-state index in [1.807, 2.05) is 6.07 Å². The zero-order chi connectivity index (χ0) is 15.2. The summed E-state index contributed by atoms with van der Waals surface area (Å²) in [6, 6.07) is 5.49. The monoisotopic (exact) mass is 292 g/mol. The maximum absolute atomic E-state index is 14.4. The predicted molar refractivity (Wildman–Crippen MR) is 85.3 cm³/mol. The smallest absolute Gasteiger partial charge is 0.146 e. The van der Waals surface area contributed by atoms with Crippen LogP contribution < -0.4 is 10.2 Å². The number of benzene rings is 1. The van der Waals surface area contributed by atoms with Crippen molar-refractivity contribution in [2.24, 2.45) is 0 Å². The number of methoxy groups -OCH3 is 1. The van der Waals surface area contributed by atoms with Gasteiger partial charge >= 0.3 is 0 Å². The van der Waals surface area contributed by atoms with Crippen LogP contribution in [0.15, 0.2) is 29.8 Å². The van der Waals surface area contributed by atoms with E-state index in [4.69, 9.17) is 4.74 Å². The zero-order valence-electron chi connectivity index (χ0n) is 13.2. The highest BCUT2D eigenvalue weighted by atomic mass is 19.1. The molecule has 116 valence electrons. The molecule has 0 saturated carbocycles. The summed E-state index contributed by atoms with van der Waals surface area (Å²) in [4.78, 5) is 2.12. The number of para-hydroxylation sites is 1. The molecule has 1 heterocycles. The maximum Gasteiger partial charge on any atom is 0.146 e. The van der Waals surface area contributed by atoms with E-state index in [0.29, 0.717) is 6.61 Å². The van der Waals surface area contributed by atoms with Gasteiger partial charge in [0.05, 0.1) is 12.3 Å². The van der Waals surface area contributed by atoms with Gasteiger partial charge in [-0.1, -0.05) is 25.1 Å². The lowest BCUT2D eigenvalue weighted by Gasteiger charge is -2.32. The maximum atomic E-state index is 14.4. The van der Waals surface area contributed by atoms with E-state index >= 15 is 0 Å². The molecule has 3 nitrogen and oxygen atoms in total. The first-order valence-electron chi connectivity index (χ1n) is 7.61. The Kier molecular flexibility index (Phi) is 5.76. The van der Waals surface area contributed by atoms with Crippen molar-refractivity contribution in [1.82, 2.24) is 5.32 Å². The van der Waals surface area contributed by atoms with Crippen LogP contribution in [0.25, 0.3) is 0 Å². The topological polar surface area (TPSA) is 24.5 Å². The summed E-state index contributed by atoms with van der Waals surface area (Å²) in [5, 5.41) is 3.37. The van der Waals surface area contributed by atoms with Crippen molar-refractivity contribution in [3.8, 4) is 0 Å². The van der Waals surface area contributed by atoms with Crippen molar-refractivity contribution < 1.29 is 9.13 Å². The second kappa shape index (κ2) is 7.57. The minimum atomic E-state index is -0.138. The van der Waals surface area contributed by atoms with Gasteiger partial charge in [0.1, 0.15) is 5.82 Å². The summed E-state index contributed by atoms with van der Waals surface area (Å²) >= 11 is 0. The minimum Gasteiger partial charge on any atom is -0.380 e. The predicted octanol–water partition coefficient (Wildman–Crippen LogP) is 3.28. The molecular formula is C17H25FN2O. The lowest BCUT2D eigenvalue weighted by molar-refractivity contribution is 0.222. The number of anilines is 1. The molecule has 1 unspecified atom stereocenters. The first kappa shape index (κ1) is 16.0. The summed E-state index contributed by atoms with van der Waals surface area (Å²) in [6.07, 6.45) is 3.08. The van der Waals surface area contributed by atoms with Crippen molar-refractivity contribution in [3.63, 3.8) is 0 Å². The van der Waals surface area contributed by atoms with Crippen LogP contribution in [0.2, 0.25) is 0 Å². The molecule has 1 aliphatic rings. The lowest BCUT2D eigenvalue weighted by atomic mass is 10.0. The Labute approximate surface area is 126 Å². The molecule has 0 bridgehead atoms. The molecule has 0 radical (unpaired) electrons. The van der Waals surface area contributed by atoms with E-state index < -0.39 is 0 Å². The highest BCUT2D eigenvalue weighted by Gasteiger charge is 2.21. The summed E-state index contributed by atoms with van der Waals surface area (Å²) < 4.78 is 19.5. The highest BCUT2D eigenvalue weighted by Crippen LogP contribution is 2.31. The summed E-state index contributed by atoms with van der Waals surface area (Å²) in [5.74, 6) is -0.138. The Morgan fingerprint density at radius 3 is 2.86 bits per heavy atom. The van der Waals surface area contributed by atoms with Gasteiger partial charge in [-0.2, -0.15) is 0 Å². The van der Waals surface area contributed by atoms with Crippen LogP contribution in [0, 0.1) is 5.82 Å². The third-order valence-electron chi connectivity index (χ3n) is 3.94. The Morgan fingerprint density at radius 1 is 1.43 bits per heavy atom. The fraction of sp³-hybridized carbons (Fsp3) is 0.529. The fourth-order valence-corrected chi connectivity index (χ4v) is 2.86. The molecule has 21 heavy (non-hydrogen) atoms. The van der Waals surface area contributed by atoms with Crippen molar-refractivity contribution in [3.05, 3.63) is 41.2 Å². The number of nitrogens with zero attached hydrogens (tertiary/aromatic N) is 1. The lowest BCUT2D eigenvalue weighted by Crippen LogP contribution is -2.32. The van der Waals surface area contributed by atoms with Crippen molar-refractivity contribution in [2.45, 2.75) is 26.3 Å². The highest BCUT2D eigenvalue weighted by molar-refractivity contribution is 5.57. The minimum absolute atomic E-state index is 0.138. The number of hydrogen-bond acceptors (Lipinski definition) is 3. The van der Waals surface area contributed by atoms with Crippen LogP contribution in [-0.2, 0) is 4.74 Å². The van der Waals surface area contributed by atoms with E-state index in [9.17, 15) is 4.39 Å². The van der Waals surface area contributed by atoms with Gasteiger partial charge < -0.3 is 15.0 Å². The Hall–Kier alpha value is -1.39. The average Bonchev–Trinajstić information content (AvgIpc) is 2.48. The van der Waals surface area contributed by atoms with Crippen molar-refractivity contribution >= 4 is 5.69 Å². The van der Waals surface area contributed by atoms with Gasteiger partial charge in [0, 0.05) is 26.2 Å². The Morgan fingerprint density at radius 2 is 2.24 bits per heavy atom. The molecule has 1 atom stereocenters. The second-order valence-corrected chi connectivity index (χ2v) is 5.45. The molecule has 0 saturated heterocycles. The molecule has 0 fully saturated rings. The van der Waals surface area contributed by atoms with Gasteiger partial charge in [0.25, 0.3) is 0 Å². The van der Waals surface area contributed by atoms with Gasteiger partial charge in [0.2, 0.25) is 0 Å². The Bertz CT molecular complexity index is 502. The molecule has 0 spiro atoms. The Balaban J connectivity index is 2.23. The number of hydrogen-bond donors (Lipinski definition) is 1. The molecule has 0 aromatic heterocycles. The molecule has 4 heteroatoms. The third kappa shape index (κ3) is 3.83. The van der Waals surface area contributed by atoms with Crippen molar-refractivity contribution in [1.29, 1.82) is 0 Å². The average molecular weight is 292 g/mol. The molecule has 0 aliphatic carbocycles. The molecule has 1 aromatic rings. The number of halogens is 1. The number of nitrogens with one attached hydrogen (secondary N) is 1. The largest absolute Gasteiger partial charge is 0.380 e. The van der Waals surface area contributed by atoms with E-state index in [1.54, 1.807) is 19.2 Å². The van der Waals surface area contributed by atoms with Gasteiger partial charge in [0.15, 0.2) is 0 Å². The number of ether oxygens (including phenoxy) is 1. The second-order valence-electron chi connectivity index (χ2n) is 5.45. The molecular weight excluding hydrogens is 267 g/mol. The first-order valence-corrected chi connectivity index (χ1v) is 7.61. The molecule has 0 amide bonds. The van der Waals surface area contributed by atoms with Crippen LogP contribution in [-0.4, -0.2) is 33.4 Å². The normalized spacial score (nSPS) is 16.8. The summed E-state index contributed by atoms with van der Waals surface area (Å²) in [7, 11) is 1.71. The standard InChI is InChI=1S/C17H25FN2O/c1-4-19-13(2)15-6-5-7-16(18)17(15)20-10-8-14(9-11-20)12-21-3/h5-8,13,19H,4,9-12H2,1-3H3. The zero-order valence-corrected chi connectivity index (χ0v) is 13.2. The number of rotatable bonds is 6. The van der Waals surface area contributed by atoms with Crippen LogP contribution in [0.4, 0.5) is 10.1 Å². The quantitative estimate of drug-likeness (QED) is 0.814. The van der Waals surface area contributed by atoms with Gasteiger partial charge in [-0.3, -0.25) is 0 Å². The summed E-state index contributed by atoms with van der Waals surface area (Å²) in [6.45, 7) is 7.27. The molecule has 1 aliphatic heterocycles. The molecule has 1 aromatic carbocycles. The van der Waals surface area contributed by atoms with Gasteiger partial charge in [-0.15, -0.1) is 0 Å². The van der Waals surface area contributed by atoms with E-state index in [1.165, 1.54) is 5.57 Å². The molecule has 2 rings (SSSR count). The summed E-state index contributed by atoms with van der Waals surface area (Å²) in [5.41, 5.74) is 3.06. The van der Waals surface area contributed by atoms with Crippen LogP contribution in [0.5, 0.6) is 0 Å².